The van der Waals surface area contributed by atoms with E-state index in [0.29, 0.717) is 34.4 Å². The molecule has 2 aromatic carbocycles. The van der Waals surface area contributed by atoms with Crippen molar-refractivity contribution < 1.29 is 9.53 Å². The molecule has 1 heterocycles. The molecule has 0 saturated heterocycles. The maximum atomic E-state index is 12.6. The van der Waals surface area contributed by atoms with E-state index >= 15 is 0 Å². The van der Waals surface area contributed by atoms with Crippen molar-refractivity contribution in [3.63, 3.8) is 0 Å². The van der Waals surface area contributed by atoms with E-state index in [9.17, 15) is 10.1 Å². The monoisotopic (exact) mass is 420 g/mol. The number of methoxy groups -OCH3 is 1. The second kappa shape index (κ2) is 9.29. The number of nitrogens with zero attached hydrogens (tertiary/aromatic N) is 3. The van der Waals surface area contributed by atoms with E-state index in [1.54, 1.807) is 43.0 Å². The molecule has 0 bridgehead atoms. The summed E-state index contributed by atoms with van der Waals surface area (Å²) < 4.78 is 6.75. The molecule has 7 heteroatoms. The van der Waals surface area contributed by atoms with Gasteiger partial charge in [-0.2, -0.15) is 10.4 Å². The zero-order valence-corrected chi connectivity index (χ0v) is 17.7. The highest BCUT2D eigenvalue weighted by Gasteiger charge is 2.16. The lowest BCUT2D eigenvalue weighted by atomic mass is 10.1. The molecule has 1 amide bonds. The molecule has 30 heavy (non-hydrogen) atoms. The quantitative estimate of drug-likeness (QED) is 0.460. The number of ether oxygens (including phenoxy) is 1. The van der Waals surface area contributed by atoms with Crippen LogP contribution in [-0.4, -0.2) is 22.8 Å². The van der Waals surface area contributed by atoms with Gasteiger partial charge in [0.2, 0.25) is 0 Å². The van der Waals surface area contributed by atoms with E-state index < -0.39 is 5.91 Å². The van der Waals surface area contributed by atoms with Crippen LogP contribution in [0.5, 0.6) is 5.75 Å². The number of halogens is 1. The molecule has 0 fully saturated rings. The Bertz CT molecular complexity index is 1120. The third kappa shape index (κ3) is 4.88. The zero-order valence-electron chi connectivity index (χ0n) is 16.9. The Morgan fingerprint density at radius 3 is 2.47 bits per heavy atom. The number of carbonyl (C=O) groups excluding carboxylic acids is 1. The SMILES string of the molecule is COc1ccc(NC(=O)/C(C#N)=C/c2c(C)nn(Cc3ccc(C)cc3)c2Cl)cc1. The number of anilines is 1. The molecule has 3 rings (SSSR count). The van der Waals surface area contributed by atoms with Crippen molar-refractivity contribution in [3.05, 3.63) is 81.6 Å². The largest absolute Gasteiger partial charge is 0.497 e. The van der Waals surface area contributed by atoms with E-state index in [4.69, 9.17) is 16.3 Å². The van der Waals surface area contributed by atoms with Crippen LogP contribution < -0.4 is 10.1 Å². The van der Waals surface area contributed by atoms with E-state index in [2.05, 4.69) is 10.4 Å². The van der Waals surface area contributed by atoms with Gasteiger partial charge in [-0.1, -0.05) is 41.4 Å². The first-order valence-corrected chi connectivity index (χ1v) is 9.64. The van der Waals surface area contributed by atoms with Crippen LogP contribution in [-0.2, 0) is 11.3 Å². The number of carbonyl (C=O) groups is 1. The molecular weight excluding hydrogens is 400 g/mol. The van der Waals surface area contributed by atoms with Gasteiger partial charge >= 0.3 is 0 Å². The number of hydrogen-bond acceptors (Lipinski definition) is 4. The van der Waals surface area contributed by atoms with Crippen molar-refractivity contribution in [2.45, 2.75) is 20.4 Å². The minimum atomic E-state index is -0.524. The van der Waals surface area contributed by atoms with Crippen molar-refractivity contribution in [3.8, 4) is 11.8 Å². The first-order chi connectivity index (χ1) is 14.4. The molecule has 1 N–H and O–H groups in total. The molecule has 0 unspecified atom stereocenters. The number of nitriles is 1. The van der Waals surface area contributed by atoms with Gasteiger partial charge in [-0.3, -0.25) is 4.79 Å². The summed E-state index contributed by atoms with van der Waals surface area (Å²) >= 11 is 6.51. The fourth-order valence-corrected chi connectivity index (χ4v) is 3.16. The average molecular weight is 421 g/mol. The summed E-state index contributed by atoms with van der Waals surface area (Å²) in [5.74, 6) is 0.150. The lowest BCUT2D eigenvalue weighted by Crippen LogP contribution is -2.13. The average Bonchev–Trinajstić information content (AvgIpc) is 3.01. The molecule has 6 nitrogen and oxygen atoms in total. The van der Waals surface area contributed by atoms with Crippen LogP contribution >= 0.6 is 11.6 Å². The normalized spacial score (nSPS) is 11.1. The van der Waals surface area contributed by atoms with E-state index in [1.807, 2.05) is 37.3 Å². The fraction of sp³-hybridized carbons (Fsp3) is 0.174. The van der Waals surface area contributed by atoms with Crippen LogP contribution in [0.1, 0.15) is 22.4 Å². The van der Waals surface area contributed by atoms with Crippen LogP contribution in [0.3, 0.4) is 0 Å². The molecule has 1 aromatic heterocycles. The minimum absolute atomic E-state index is 0.0642. The predicted octanol–water partition coefficient (Wildman–Crippen LogP) is 4.76. The van der Waals surface area contributed by atoms with E-state index in [0.717, 1.165) is 5.56 Å². The van der Waals surface area contributed by atoms with E-state index in [-0.39, 0.29) is 5.57 Å². The molecule has 0 aliphatic rings. The zero-order chi connectivity index (χ0) is 21.7. The summed E-state index contributed by atoms with van der Waals surface area (Å²) in [5, 5.41) is 17.0. The second-order valence-corrected chi connectivity index (χ2v) is 7.14. The third-order valence-electron chi connectivity index (χ3n) is 4.56. The Balaban J connectivity index is 1.82. The molecule has 0 aliphatic heterocycles. The van der Waals surface area contributed by atoms with Crippen LogP contribution in [0.2, 0.25) is 5.15 Å². The summed E-state index contributed by atoms with van der Waals surface area (Å²) in [4.78, 5) is 12.6. The smallest absolute Gasteiger partial charge is 0.266 e. The van der Waals surface area contributed by atoms with Gasteiger partial charge in [-0.25, -0.2) is 4.68 Å². The van der Waals surface area contributed by atoms with Gasteiger partial charge in [0.05, 0.1) is 19.3 Å². The Hall–Kier alpha value is -3.56. The van der Waals surface area contributed by atoms with Crippen LogP contribution in [0.15, 0.2) is 54.1 Å². The van der Waals surface area contributed by atoms with Gasteiger partial charge in [0, 0.05) is 11.3 Å². The summed E-state index contributed by atoms with van der Waals surface area (Å²) in [5.41, 5.74) is 3.90. The van der Waals surface area contributed by atoms with Gasteiger partial charge in [0.25, 0.3) is 5.91 Å². The highest BCUT2D eigenvalue weighted by Crippen LogP contribution is 2.24. The summed E-state index contributed by atoms with van der Waals surface area (Å²) in [6.45, 7) is 4.31. The predicted molar refractivity (Wildman–Crippen MR) is 117 cm³/mol. The highest BCUT2D eigenvalue weighted by atomic mass is 35.5. The molecule has 0 aliphatic carbocycles. The maximum absolute atomic E-state index is 12.6. The number of amides is 1. The Labute approximate surface area is 180 Å². The van der Waals surface area contributed by atoms with Crippen molar-refractivity contribution in [1.29, 1.82) is 5.26 Å². The summed E-state index contributed by atoms with van der Waals surface area (Å²) in [6, 6.07) is 16.9. The molecule has 3 aromatic rings. The molecule has 0 atom stereocenters. The Kier molecular flexibility index (Phi) is 6.55. The topological polar surface area (TPSA) is 79.9 Å². The van der Waals surface area contributed by atoms with Gasteiger partial charge in [0.15, 0.2) is 0 Å². The number of hydrogen-bond donors (Lipinski definition) is 1. The van der Waals surface area contributed by atoms with Gasteiger partial charge in [-0.05, 0) is 49.8 Å². The molecule has 0 spiro atoms. The van der Waals surface area contributed by atoms with Crippen LogP contribution in [0.4, 0.5) is 5.69 Å². The molecular formula is C23H21ClN4O2. The number of aromatic nitrogens is 2. The number of benzene rings is 2. The lowest BCUT2D eigenvalue weighted by molar-refractivity contribution is -0.112. The molecule has 0 saturated carbocycles. The van der Waals surface area contributed by atoms with Crippen LogP contribution in [0.25, 0.3) is 6.08 Å². The minimum Gasteiger partial charge on any atom is -0.497 e. The lowest BCUT2D eigenvalue weighted by Gasteiger charge is -2.06. The maximum Gasteiger partial charge on any atom is 0.266 e. The van der Waals surface area contributed by atoms with Gasteiger partial charge in [-0.15, -0.1) is 0 Å². The van der Waals surface area contributed by atoms with E-state index in [1.165, 1.54) is 11.6 Å². The highest BCUT2D eigenvalue weighted by molar-refractivity contribution is 6.31. The van der Waals surface area contributed by atoms with Crippen molar-refractivity contribution in [2.75, 3.05) is 12.4 Å². The fourth-order valence-electron chi connectivity index (χ4n) is 2.87. The number of nitrogens with one attached hydrogen (secondary N) is 1. The first kappa shape index (κ1) is 21.2. The summed E-state index contributed by atoms with van der Waals surface area (Å²) in [6.07, 6.45) is 1.47. The molecule has 0 radical (unpaired) electrons. The third-order valence-corrected chi connectivity index (χ3v) is 4.96. The van der Waals surface area contributed by atoms with Crippen LogP contribution in [0, 0.1) is 25.2 Å². The first-order valence-electron chi connectivity index (χ1n) is 9.27. The standard InChI is InChI=1S/C23H21ClN4O2/c1-15-4-6-17(7-5-15)14-28-22(24)21(16(2)27-28)12-18(13-25)23(29)26-19-8-10-20(30-3)11-9-19/h4-12H,14H2,1-3H3,(H,26,29)/b18-12+. The Morgan fingerprint density at radius 2 is 1.87 bits per heavy atom. The van der Waals surface area contributed by atoms with Gasteiger partial charge < -0.3 is 10.1 Å². The summed E-state index contributed by atoms with van der Waals surface area (Å²) in [7, 11) is 1.56. The van der Waals surface area contributed by atoms with Crippen molar-refractivity contribution in [1.82, 2.24) is 9.78 Å². The number of rotatable bonds is 6. The Morgan fingerprint density at radius 1 is 1.20 bits per heavy atom. The van der Waals surface area contributed by atoms with Gasteiger partial charge in [0.1, 0.15) is 22.5 Å². The number of aryl methyl sites for hydroxylation is 2. The second-order valence-electron chi connectivity index (χ2n) is 6.79. The van der Waals surface area contributed by atoms with Crippen molar-refractivity contribution in [2.24, 2.45) is 0 Å². The van der Waals surface area contributed by atoms with Crippen molar-refractivity contribution >= 4 is 29.3 Å². The molecule has 152 valence electrons.